The van der Waals surface area contributed by atoms with Crippen molar-refractivity contribution in [1.82, 2.24) is 0 Å². The fraction of sp³-hybridized carbons (Fsp3) is 0.219. The van der Waals surface area contributed by atoms with Crippen LogP contribution in [-0.2, 0) is 10.8 Å². The molecule has 11 rings (SSSR count). The Bertz CT molecular complexity index is 3190. The molecule has 2 aliphatic heterocycles. The first-order chi connectivity index (χ1) is 32.4. The van der Waals surface area contributed by atoms with Crippen molar-refractivity contribution < 1.29 is 0 Å². The molecule has 0 aromatic heterocycles. The molecule has 0 N–H and O–H groups in total. The van der Waals surface area contributed by atoms with Crippen LogP contribution in [0.4, 0.5) is 45.5 Å². The highest BCUT2D eigenvalue weighted by Crippen LogP contribution is 2.62. The molecule has 2 aliphatic carbocycles. The van der Waals surface area contributed by atoms with E-state index in [2.05, 4.69) is 252 Å². The van der Waals surface area contributed by atoms with Crippen LogP contribution in [-0.4, -0.2) is 0 Å². The Balaban J connectivity index is 1.12. The van der Waals surface area contributed by atoms with E-state index in [1.165, 1.54) is 95.4 Å². The number of rotatable bonds is 8. The van der Waals surface area contributed by atoms with Crippen LogP contribution in [0, 0.1) is 19.8 Å². The molecule has 0 amide bonds. The minimum atomic E-state index is -0.369. The van der Waals surface area contributed by atoms with E-state index < -0.39 is 0 Å². The van der Waals surface area contributed by atoms with Crippen molar-refractivity contribution in [1.29, 1.82) is 0 Å². The Morgan fingerprint density at radius 3 is 1.85 bits per heavy atom. The molecule has 67 heavy (non-hydrogen) atoms. The zero-order chi connectivity index (χ0) is 46.2. The Hall–Kier alpha value is -7.10. The smallest absolute Gasteiger partial charge is 0.0545 e. The lowest BCUT2D eigenvalue weighted by Crippen LogP contribution is -2.38. The number of nitrogens with zero attached hydrogens (tertiary/aromatic N) is 3. The van der Waals surface area contributed by atoms with Crippen LogP contribution in [0.5, 0.6) is 0 Å². The molecule has 3 heteroatoms. The first-order valence-corrected chi connectivity index (χ1v) is 24.3. The molecule has 0 spiro atoms. The number of aryl methyl sites for hydroxylation is 2. The molecule has 0 bridgehead atoms. The number of anilines is 8. The van der Waals surface area contributed by atoms with E-state index in [9.17, 15) is 0 Å². The van der Waals surface area contributed by atoms with Crippen LogP contribution in [0.25, 0.3) is 16.7 Å². The maximum atomic E-state index is 2.59. The van der Waals surface area contributed by atoms with Crippen molar-refractivity contribution in [2.45, 2.75) is 85.5 Å². The van der Waals surface area contributed by atoms with Crippen LogP contribution < -0.4 is 14.7 Å². The van der Waals surface area contributed by atoms with Gasteiger partial charge in [-0.05, 0) is 169 Å². The van der Waals surface area contributed by atoms with E-state index in [0.717, 1.165) is 36.3 Å². The van der Waals surface area contributed by atoms with E-state index in [-0.39, 0.29) is 10.8 Å². The molecule has 2 heterocycles. The minimum absolute atomic E-state index is 0.267. The van der Waals surface area contributed by atoms with E-state index in [1.54, 1.807) is 0 Å². The molecule has 7 aromatic rings. The molecule has 0 radical (unpaired) electrons. The minimum Gasteiger partial charge on any atom is -0.311 e. The standard InChI is InChI=1S/C64H61N3/c1-42-23-33-59(45(4)36-42)66(51-30-26-49(27-31-51)47-19-13-10-14-20-47)54-40-57-62-58(41-54)64(7,8)56-39-52(32-34-61(56)67(62)60-22-16-15-21-55(60)63(57,5)6)65(53-37-43(2)35-44(3)38-53)50-28-24-48(25-29-50)46-17-11-9-12-18-46/h9-13,15-19,21-34,36-41,43H,14,20,35H2,1-8H3. The summed E-state index contributed by atoms with van der Waals surface area (Å²) in [4.78, 5) is 7.59. The molecule has 332 valence electrons. The number of fused-ring (bicyclic) bond motifs is 4. The van der Waals surface area contributed by atoms with Gasteiger partial charge in [0.1, 0.15) is 0 Å². The average molecular weight is 872 g/mol. The third-order valence-electron chi connectivity index (χ3n) is 15.0. The van der Waals surface area contributed by atoms with Crippen LogP contribution in [0.2, 0.25) is 0 Å². The monoisotopic (exact) mass is 871 g/mol. The Morgan fingerprint density at radius 1 is 0.552 bits per heavy atom. The summed E-state index contributed by atoms with van der Waals surface area (Å²) >= 11 is 0. The van der Waals surface area contributed by atoms with Crippen molar-refractivity contribution in [3.63, 3.8) is 0 Å². The van der Waals surface area contributed by atoms with Crippen LogP contribution >= 0.6 is 0 Å². The van der Waals surface area contributed by atoms with Gasteiger partial charge in [-0.1, -0.05) is 155 Å². The molecule has 0 saturated heterocycles. The van der Waals surface area contributed by atoms with Crippen molar-refractivity contribution in [2.75, 3.05) is 14.7 Å². The van der Waals surface area contributed by atoms with Gasteiger partial charge in [-0.25, -0.2) is 0 Å². The number of benzene rings is 7. The molecule has 3 nitrogen and oxygen atoms in total. The fourth-order valence-electron chi connectivity index (χ4n) is 11.5. The molecule has 0 fully saturated rings. The zero-order valence-electron chi connectivity index (χ0n) is 40.4. The lowest BCUT2D eigenvalue weighted by Gasteiger charge is -2.50. The number of allylic oxidation sites excluding steroid dienone is 7. The van der Waals surface area contributed by atoms with Crippen molar-refractivity contribution in [2.24, 2.45) is 5.92 Å². The quantitative estimate of drug-likeness (QED) is 0.151. The summed E-state index contributed by atoms with van der Waals surface area (Å²) in [5, 5.41) is 0. The van der Waals surface area contributed by atoms with Gasteiger partial charge in [0.15, 0.2) is 0 Å². The highest BCUT2D eigenvalue weighted by molar-refractivity contribution is 5.96. The van der Waals surface area contributed by atoms with Gasteiger partial charge < -0.3 is 14.7 Å². The second-order valence-corrected chi connectivity index (χ2v) is 20.5. The Labute approximate surface area is 398 Å². The second kappa shape index (κ2) is 16.3. The molecular formula is C64H61N3. The van der Waals surface area contributed by atoms with Gasteiger partial charge in [0, 0.05) is 45.0 Å². The first-order valence-electron chi connectivity index (χ1n) is 24.3. The highest BCUT2D eigenvalue weighted by atomic mass is 15.2. The maximum Gasteiger partial charge on any atom is 0.0545 e. The van der Waals surface area contributed by atoms with Crippen molar-refractivity contribution >= 4 is 51.1 Å². The molecule has 7 aromatic carbocycles. The van der Waals surface area contributed by atoms with E-state index in [4.69, 9.17) is 0 Å². The normalized spacial score (nSPS) is 17.3. The van der Waals surface area contributed by atoms with Crippen LogP contribution in [0.1, 0.15) is 99.7 Å². The summed E-state index contributed by atoms with van der Waals surface area (Å²) < 4.78 is 0. The van der Waals surface area contributed by atoms with Gasteiger partial charge in [-0.2, -0.15) is 0 Å². The molecule has 0 saturated carbocycles. The topological polar surface area (TPSA) is 9.72 Å². The summed E-state index contributed by atoms with van der Waals surface area (Å²) in [5.74, 6) is 0.440. The van der Waals surface area contributed by atoms with Gasteiger partial charge in [0.05, 0.1) is 17.1 Å². The number of hydrogen-bond acceptors (Lipinski definition) is 3. The zero-order valence-corrected chi connectivity index (χ0v) is 40.4. The van der Waals surface area contributed by atoms with Crippen molar-refractivity contribution in [3.05, 3.63) is 232 Å². The summed E-state index contributed by atoms with van der Waals surface area (Å²) in [6.07, 6.45) is 14.8. The van der Waals surface area contributed by atoms with Gasteiger partial charge >= 0.3 is 0 Å². The van der Waals surface area contributed by atoms with E-state index >= 15 is 0 Å². The second-order valence-electron chi connectivity index (χ2n) is 20.5. The van der Waals surface area contributed by atoms with Crippen molar-refractivity contribution in [3.8, 4) is 11.1 Å². The Morgan fingerprint density at radius 2 is 1.16 bits per heavy atom. The number of para-hydroxylation sites is 1. The molecule has 1 atom stereocenters. The maximum absolute atomic E-state index is 2.59. The molecule has 1 unspecified atom stereocenters. The van der Waals surface area contributed by atoms with Gasteiger partial charge in [0.25, 0.3) is 0 Å². The largest absolute Gasteiger partial charge is 0.311 e. The average Bonchev–Trinajstić information content (AvgIpc) is 3.33. The van der Waals surface area contributed by atoms with Gasteiger partial charge in [-0.15, -0.1) is 0 Å². The summed E-state index contributed by atoms with van der Waals surface area (Å²) in [7, 11) is 0. The lowest BCUT2D eigenvalue weighted by atomic mass is 9.66. The molecular weight excluding hydrogens is 811 g/mol. The summed E-state index contributed by atoms with van der Waals surface area (Å²) in [6, 6.07) is 57.4. The van der Waals surface area contributed by atoms with E-state index in [0.29, 0.717) is 5.92 Å². The third-order valence-corrected chi connectivity index (χ3v) is 15.0. The predicted octanol–water partition coefficient (Wildman–Crippen LogP) is 17.9. The Kier molecular flexibility index (Phi) is 10.4. The predicted molar refractivity (Wildman–Crippen MR) is 286 cm³/mol. The summed E-state index contributed by atoms with van der Waals surface area (Å²) in [6.45, 7) is 18.8. The van der Waals surface area contributed by atoms with E-state index in [1.807, 2.05) is 0 Å². The highest BCUT2D eigenvalue weighted by Gasteiger charge is 2.46. The van der Waals surface area contributed by atoms with Crippen LogP contribution in [0.15, 0.2) is 193 Å². The SMILES string of the molecule is CC1=CC(N(c2ccc(-c3ccccc3)cc2)c2ccc3c(c2)C(C)(C)c2cc(N(c4ccc(C5=CC=CCC5)cc4)c4ccc(C)cc4C)cc4c2N3c2ccccc2C4(C)C)=CC(C)C1. The fourth-order valence-corrected chi connectivity index (χ4v) is 11.5. The lowest BCUT2D eigenvalue weighted by molar-refractivity contribution is 0.597. The first kappa shape index (κ1) is 42.5. The van der Waals surface area contributed by atoms with Crippen LogP contribution in [0.3, 0.4) is 0 Å². The van der Waals surface area contributed by atoms with Gasteiger partial charge in [0.2, 0.25) is 0 Å². The third kappa shape index (κ3) is 7.28. The summed E-state index contributed by atoms with van der Waals surface area (Å²) in [5.41, 5.74) is 24.6. The number of hydrogen-bond donors (Lipinski definition) is 0. The van der Waals surface area contributed by atoms with Gasteiger partial charge in [-0.3, -0.25) is 0 Å². The molecule has 4 aliphatic rings.